The van der Waals surface area contributed by atoms with E-state index < -0.39 is 0 Å². The van der Waals surface area contributed by atoms with E-state index in [4.69, 9.17) is 25.4 Å². The van der Waals surface area contributed by atoms with Gasteiger partial charge in [0.2, 0.25) is 23.6 Å². The minimum atomic E-state index is -0.155. The molecule has 1 rings (SSSR count). The van der Waals surface area contributed by atoms with E-state index in [0.717, 1.165) is 0 Å². The number of hydrogen-bond donors (Lipinski definition) is 4. The molecule has 1 aliphatic heterocycles. The SMILES string of the molecule is C#CCCC(=O)NCCOCCOCCNC(=O)CCC=C.O=C1/C=C/CCCC(=O)NCCOCCOCCNC(=O)CC1. The summed E-state index contributed by atoms with van der Waals surface area (Å²) in [4.78, 5) is 57.1. The van der Waals surface area contributed by atoms with Crippen molar-refractivity contribution in [3.63, 3.8) is 0 Å². The number of ketones is 1. The van der Waals surface area contributed by atoms with Gasteiger partial charge in [-0.25, -0.2) is 0 Å². The maximum Gasteiger partial charge on any atom is 0.221 e. The van der Waals surface area contributed by atoms with Crippen molar-refractivity contribution in [3.05, 3.63) is 24.8 Å². The summed E-state index contributed by atoms with van der Waals surface area (Å²) >= 11 is 0. The predicted molar refractivity (Wildman–Crippen MR) is 170 cm³/mol. The molecule has 0 aromatic heterocycles. The van der Waals surface area contributed by atoms with Crippen LogP contribution in [0.5, 0.6) is 0 Å². The molecule has 1 heterocycles. The molecule has 0 fully saturated rings. The second kappa shape index (κ2) is 31.8. The fourth-order valence-electron chi connectivity index (χ4n) is 3.38. The highest BCUT2D eigenvalue weighted by atomic mass is 16.5. The van der Waals surface area contributed by atoms with E-state index in [9.17, 15) is 24.0 Å². The summed E-state index contributed by atoms with van der Waals surface area (Å²) in [5, 5.41) is 10.9. The van der Waals surface area contributed by atoms with E-state index in [2.05, 4.69) is 33.8 Å². The molecule has 0 saturated carbocycles. The molecular weight excluding hydrogens is 584 g/mol. The summed E-state index contributed by atoms with van der Waals surface area (Å²) in [6, 6.07) is 0. The Morgan fingerprint density at radius 3 is 2.02 bits per heavy atom. The normalized spacial score (nSPS) is 16.4. The zero-order valence-corrected chi connectivity index (χ0v) is 26.5. The van der Waals surface area contributed by atoms with Crippen molar-refractivity contribution in [1.29, 1.82) is 0 Å². The van der Waals surface area contributed by atoms with Gasteiger partial charge < -0.3 is 40.2 Å². The topological polar surface area (TPSA) is 170 Å². The Kier molecular flexibility index (Phi) is 29.3. The van der Waals surface area contributed by atoms with Gasteiger partial charge in [0.05, 0.1) is 52.9 Å². The van der Waals surface area contributed by atoms with Gasteiger partial charge in [0.15, 0.2) is 5.78 Å². The molecule has 0 aliphatic carbocycles. The second-order valence-corrected chi connectivity index (χ2v) is 9.64. The lowest BCUT2D eigenvalue weighted by Gasteiger charge is -2.08. The van der Waals surface area contributed by atoms with Gasteiger partial charge in [-0.15, -0.1) is 18.9 Å². The van der Waals surface area contributed by atoms with Crippen LogP contribution in [0.3, 0.4) is 0 Å². The number of terminal acetylenes is 1. The van der Waals surface area contributed by atoms with Crippen LogP contribution < -0.4 is 21.3 Å². The van der Waals surface area contributed by atoms with Crippen molar-refractivity contribution < 1.29 is 42.9 Å². The molecule has 0 aromatic carbocycles. The minimum absolute atomic E-state index is 0.000303. The van der Waals surface area contributed by atoms with Crippen molar-refractivity contribution in [1.82, 2.24) is 21.3 Å². The molecule has 0 aromatic rings. The molecule has 13 heteroatoms. The molecule has 0 atom stereocenters. The standard InChI is InChI=1S/C16H26N2O5.C16H26N2O4/c19-14-4-2-1-3-5-15(20)17-8-10-22-12-13-23-11-9-18-16(21)7-6-14;1-3-5-7-15(19)17-9-11-21-13-14-22-12-10-18-16(20)8-6-4-2/h2,4H,1,3,5-13H2,(H,17,20)(H,18,21);1,4H,2,5-14H2,(H,17,19)(H,18,20)/b4-2+;. The Morgan fingerprint density at radius 1 is 0.867 bits per heavy atom. The molecule has 0 spiro atoms. The zero-order chi connectivity index (χ0) is 33.2. The maximum absolute atomic E-state index is 11.6. The number of hydrogen-bond acceptors (Lipinski definition) is 9. The van der Waals surface area contributed by atoms with E-state index >= 15 is 0 Å². The van der Waals surface area contributed by atoms with E-state index in [-0.39, 0.29) is 42.3 Å². The number of rotatable bonds is 14. The van der Waals surface area contributed by atoms with Crippen LogP contribution in [0.2, 0.25) is 0 Å². The lowest BCUT2D eigenvalue weighted by molar-refractivity contribution is -0.124. The number of ether oxygens (including phenoxy) is 4. The van der Waals surface area contributed by atoms with Gasteiger partial charge >= 0.3 is 0 Å². The molecule has 45 heavy (non-hydrogen) atoms. The van der Waals surface area contributed by atoms with Crippen LogP contribution in [-0.2, 0) is 42.9 Å². The third-order valence-electron chi connectivity index (χ3n) is 5.77. The Balaban J connectivity index is 0.000000862. The van der Waals surface area contributed by atoms with Gasteiger partial charge in [-0.1, -0.05) is 12.2 Å². The number of allylic oxidation sites excluding steroid dienone is 3. The molecule has 0 unspecified atom stereocenters. The zero-order valence-electron chi connectivity index (χ0n) is 26.5. The Bertz CT molecular complexity index is 919. The molecule has 0 radical (unpaired) electrons. The van der Waals surface area contributed by atoms with Crippen molar-refractivity contribution in [2.24, 2.45) is 0 Å². The van der Waals surface area contributed by atoms with Crippen molar-refractivity contribution >= 4 is 29.4 Å². The van der Waals surface area contributed by atoms with E-state index in [0.29, 0.717) is 124 Å². The Labute approximate surface area is 267 Å². The second-order valence-electron chi connectivity index (χ2n) is 9.64. The van der Waals surface area contributed by atoms with Crippen LogP contribution in [0, 0.1) is 12.3 Å². The first-order valence-electron chi connectivity index (χ1n) is 15.5. The number of amides is 4. The molecular formula is C32H52N4O9. The Hall–Kier alpha value is -3.57. The van der Waals surface area contributed by atoms with Gasteiger partial charge in [0.25, 0.3) is 0 Å². The van der Waals surface area contributed by atoms with Crippen molar-refractivity contribution in [2.75, 3.05) is 79.0 Å². The highest BCUT2D eigenvalue weighted by molar-refractivity contribution is 5.92. The van der Waals surface area contributed by atoms with Crippen molar-refractivity contribution in [2.45, 2.75) is 57.8 Å². The average molecular weight is 637 g/mol. The smallest absolute Gasteiger partial charge is 0.221 e. The fourth-order valence-corrected chi connectivity index (χ4v) is 3.38. The lowest BCUT2D eigenvalue weighted by Crippen LogP contribution is -2.28. The monoisotopic (exact) mass is 636 g/mol. The summed E-state index contributed by atoms with van der Waals surface area (Å²) in [7, 11) is 0. The molecule has 13 nitrogen and oxygen atoms in total. The van der Waals surface area contributed by atoms with Crippen LogP contribution in [0.15, 0.2) is 24.8 Å². The quantitative estimate of drug-likeness (QED) is 0.123. The maximum atomic E-state index is 11.6. The predicted octanol–water partition coefficient (Wildman–Crippen LogP) is 0.973. The van der Waals surface area contributed by atoms with Gasteiger partial charge in [0.1, 0.15) is 0 Å². The van der Waals surface area contributed by atoms with E-state index in [1.165, 1.54) is 6.08 Å². The highest BCUT2D eigenvalue weighted by Crippen LogP contribution is 1.99. The van der Waals surface area contributed by atoms with Crippen molar-refractivity contribution in [3.8, 4) is 12.3 Å². The molecule has 1 aliphatic rings. The first-order valence-corrected chi connectivity index (χ1v) is 15.5. The van der Waals surface area contributed by atoms with Crippen LogP contribution in [0.25, 0.3) is 0 Å². The van der Waals surface area contributed by atoms with Gasteiger partial charge in [-0.3, -0.25) is 24.0 Å². The lowest BCUT2D eigenvalue weighted by atomic mass is 10.1. The van der Waals surface area contributed by atoms with Crippen LogP contribution >= 0.6 is 0 Å². The summed E-state index contributed by atoms with van der Waals surface area (Å²) in [5.41, 5.74) is 0. The molecule has 254 valence electrons. The molecule has 0 bridgehead atoms. The molecule has 0 saturated heterocycles. The molecule has 4 N–H and O–H groups in total. The Morgan fingerprint density at radius 2 is 1.44 bits per heavy atom. The van der Waals surface area contributed by atoms with Crippen LogP contribution in [-0.4, -0.2) is 108 Å². The van der Waals surface area contributed by atoms with Gasteiger partial charge in [-0.05, 0) is 25.3 Å². The first-order chi connectivity index (χ1) is 21.9. The van der Waals surface area contributed by atoms with Gasteiger partial charge in [-0.2, -0.15) is 0 Å². The summed E-state index contributed by atoms with van der Waals surface area (Å²) in [6.07, 6.45) is 14.1. The largest absolute Gasteiger partial charge is 0.377 e. The highest BCUT2D eigenvalue weighted by Gasteiger charge is 2.05. The minimum Gasteiger partial charge on any atom is -0.377 e. The fraction of sp³-hybridized carbons (Fsp3) is 0.656. The third kappa shape index (κ3) is 31.7. The summed E-state index contributed by atoms with van der Waals surface area (Å²) in [5.74, 6) is 2.10. The average Bonchev–Trinajstić information content (AvgIpc) is 3.03. The first kappa shape index (κ1) is 41.4. The van der Waals surface area contributed by atoms with Crippen LogP contribution in [0.1, 0.15) is 57.8 Å². The van der Waals surface area contributed by atoms with E-state index in [1.54, 1.807) is 12.2 Å². The molecule has 4 amide bonds. The summed E-state index contributed by atoms with van der Waals surface area (Å²) in [6.45, 7) is 8.91. The summed E-state index contributed by atoms with van der Waals surface area (Å²) < 4.78 is 21.2. The number of carbonyl (C=O) groups excluding carboxylic acids is 5. The van der Waals surface area contributed by atoms with E-state index in [1.807, 2.05) is 0 Å². The van der Waals surface area contributed by atoms with Crippen LogP contribution in [0.4, 0.5) is 0 Å². The number of nitrogens with one attached hydrogen (secondary N) is 4. The third-order valence-corrected chi connectivity index (χ3v) is 5.77. The number of carbonyl (C=O) groups is 5. The van der Waals surface area contributed by atoms with Gasteiger partial charge in [0, 0.05) is 64.7 Å².